The van der Waals surface area contributed by atoms with Gasteiger partial charge in [0.05, 0.1) is 18.9 Å². The van der Waals surface area contributed by atoms with Crippen LogP contribution < -0.4 is 15.5 Å². The number of carbonyl (C=O) groups excluding carboxylic acids is 2. The number of hydrogen-bond donors (Lipinski definition) is 2. The third-order valence-electron chi connectivity index (χ3n) is 6.60. The Hall–Kier alpha value is -3.58. The van der Waals surface area contributed by atoms with Gasteiger partial charge < -0.3 is 24.7 Å². The number of halogens is 2. The molecule has 1 aromatic heterocycles. The highest BCUT2D eigenvalue weighted by molar-refractivity contribution is 6.09. The molecule has 2 aliphatic rings. The Morgan fingerprint density at radius 3 is 2.71 bits per heavy atom. The van der Waals surface area contributed by atoms with Crippen LogP contribution in [-0.2, 0) is 16.0 Å². The van der Waals surface area contributed by atoms with Crippen molar-refractivity contribution in [3.05, 3.63) is 58.3 Å². The van der Waals surface area contributed by atoms with E-state index in [1.54, 1.807) is 19.1 Å². The Balaban J connectivity index is 1.71. The third-order valence-corrected chi connectivity index (χ3v) is 6.60. The van der Waals surface area contributed by atoms with Gasteiger partial charge in [-0.25, -0.2) is 13.6 Å². The number of nitrogens with one attached hydrogen (secondary N) is 2. The lowest BCUT2D eigenvalue weighted by atomic mass is 9.85. The Kier molecular flexibility index (Phi) is 6.72. The quantitative estimate of drug-likeness (QED) is 0.537. The zero-order valence-electron chi connectivity index (χ0n) is 20.3. The number of amides is 1. The van der Waals surface area contributed by atoms with Gasteiger partial charge in [0.1, 0.15) is 17.0 Å². The predicted molar refractivity (Wildman–Crippen MR) is 129 cm³/mol. The average molecular weight is 486 g/mol. The average Bonchev–Trinajstić information content (AvgIpc) is 3.28. The minimum Gasteiger partial charge on any atom is -0.496 e. The summed E-state index contributed by atoms with van der Waals surface area (Å²) in [6.07, 6.45) is 3.35. The summed E-state index contributed by atoms with van der Waals surface area (Å²) < 4.78 is 38.3. The standard InChI is InChI=1S/C26H29F2N3O4/c1-5-17-21(31(6-2)16-11-26(27,28)12-16)10-23-18(7-8-35-23)24(17)25(33)29-13-19-20(14-32)30-15(3)9-22(19)34-4/h7-10,16,30H,5-6,11-13H2,1-4H3,(H,29,33). The number of benzene rings is 1. The number of fused-ring (bicyclic) bond motifs is 1. The first-order valence-electron chi connectivity index (χ1n) is 11.7. The van der Waals surface area contributed by atoms with E-state index in [-0.39, 0.29) is 37.0 Å². The molecule has 0 bridgehead atoms. The van der Waals surface area contributed by atoms with E-state index < -0.39 is 5.92 Å². The van der Waals surface area contributed by atoms with Gasteiger partial charge in [0.2, 0.25) is 0 Å². The number of anilines is 1. The van der Waals surface area contributed by atoms with Gasteiger partial charge in [0.25, 0.3) is 11.8 Å². The molecule has 186 valence electrons. The number of carbonyl (C=O) groups is 1. The summed E-state index contributed by atoms with van der Waals surface area (Å²) in [7, 11) is 1.49. The first-order chi connectivity index (χ1) is 16.7. The maximum Gasteiger partial charge on any atom is 0.252 e. The molecule has 35 heavy (non-hydrogen) atoms. The zero-order valence-corrected chi connectivity index (χ0v) is 20.3. The van der Waals surface area contributed by atoms with Crippen molar-refractivity contribution in [1.29, 1.82) is 0 Å². The van der Waals surface area contributed by atoms with Gasteiger partial charge in [0.15, 0.2) is 5.94 Å². The molecule has 0 unspecified atom stereocenters. The van der Waals surface area contributed by atoms with Crippen LogP contribution in [0.3, 0.4) is 0 Å². The van der Waals surface area contributed by atoms with Crippen molar-refractivity contribution in [1.82, 2.24) is 10.6 Å². The molecule has 1 amide bonds. The van der Waals surface area contributed by atoms with Crippen molar-refractivity contribution in [3.8, 4) is 0 Å². The number of dihydropyridines is 1. The number of rotatable bonds is 8. The molecule has 1 fully saturated rings. The number of allylic oxidation sites excluding steroid dienone is 2. The molecule has 0 atom stereocenters. The topological polar surface area (TPSA) is 83.8 Å². The normalized spacial score (nSPS) is 17.4. The van der Waals surface area contributed by atoms with Gasteiger partial charge in [-0.15, -0.1) is 0 Å². The van der Waals surface area contributed by atoms with Gasteiger partial charge >= 0.3 is 0 Å². The number of methoxy groups -OCH3 is 1. The Morgan fingerprint density at radius 2 is 2.11 bits per heavy atom. The van der Waals surface area contributed by atoms with Gasteiger partial charge in [-0.2, -0.15) is 0 Å². The van der Waals surface area contributed by atoms with Crippen molar-refractivity contribution in [2.45, 2.75) is 52.0 Å². The maximum absolute atomic E-state index is 13.7. The molecule has 1 aliphatic heterocycles. The number of alkyl halides is 2. The van der Waals surface area contributed by atoms with Gasteiger partial charge in [0, 0.05) is 60.4 Å². The minimum absolute atomic E-state index is 0.0302. The van der Waals surface area contributed by atoms with E-state index in [4.69, 9.17) is 9.15 Å². The summed E-state index contributed by atoms with van der Waals surface area (Å²) in [5.41, 5.74) is 3.83. The van der Waals surface area contributed by atoms with Crippen LogP contribution in [0.2, 0.25) is 0 Å². The first-order valence-corrected chi connectivity index (χ1v) is 11.7. The van der Waals surface area contributed by atoms with Crippen molar-refractivity contribution >= 4 is 28.5 Å². The van der Waals surface area contributed by atoms with E-state index in [0.29, 0.717) is 40.8 Å². The zero-order chi connectivity index (χ0) is 25.3. The van der Waals surface area contributed by atoms with Crippen LogP contribution in [0.25, 0.3) is 11.0 Å². The molecule has 1 aromatic carbocycles. The van der Waals surface area contributed by atoms with Crippen LogP contribution in [0.1, 0.15) is 49.5 Å². The fourth-order valence-corrected chi connectivity index (χ4v) is 4.91. The molecule has 2 heterocycles. The number of furan rings is 1. The molecule has 2 aromatic rings. The number of ether oxygens (including phenoxy) is 1. The van der Waals surface area contributed by atoms with Gasteiger partial charge in [-0.3, -0.25) is 4.79 Å². The fourth-order valence-electron chi connectivity index (χ4n) is 4.91. The molecule has 1 saturated carbocycles. The van der Waals surface area contributed by atoms with E-state index >= 15 is 0 Å². The highest BCUT2D eigenvalue weighted by Crippen LogP contribution is 2.44. The highest BCUT2D eigenvalue weighted by Gasteiger charge is 2.48. The van der Waals surface area contributed by atoms with E-state index in [0.717, 1.165) is 16.9 Å². The largest absolute Gasteiger partial charge is 0.496 e. The van der Waals surface area contributed by atoms with Crippen LogP contribution in [0.4, 0.5) is 14.5 Å². The second-order valence-corrected chi connectivity index (χ2v) is 8.80. The van der Waals surface area contributed by atoms with E-state index in [1.165, 1.54) is 13.4 Å². The monoisotopic (exact) mass is 485 g/mol. The van der Waals surface area contributed by atoms with Crippen LogP contribution in [0.5, 0.6) is 0 Å². The van der Waals surface area contributed by atoms with Crippen molar-refractivity contribution in [3.63, 3.8) is 0 Å². The summed E-state index contributed by atoms with van der Waals surface area (Å²) in [6, 6.07) is 3.26. The maximum atomic E-state index is 13.7. The Morgan fingerprint density at radius 1 is 1.37 bits per heavy atom. The third kappa shape index (κ3) is 4.56. The summed E-state index contributed by atoms with van der Waals surface area (Å²) in [5.74, 6) is -0.687. The lowest BCUT2D eigenvalue weighted by Gasteiger charge is -2.44. The molecule has 0 spiro atoms. The van der Waals surface area contributed by atoms with E-state index in [9.17, 15) is 18.4 Å². The van der Waals surface area contributed by atoms with Crippen molar-refractivity contribution in [2.75, 3.05) is 25.1 Å². The summed E-state index contributed by atoms with van der Waals surface area (Å²) >= 11 is 0. The molecular formula is C26H29F2N3O4. The van der Waals surface area contributed by atoms with Crippen LogP contribution in [0, 0.1) is 0 Å². The summed E-state index contributed by atoms with van der Waals surface area (Å²) in [4.78, 5) is 27.0. The van der Waals surface area contributed by atoms with Crippen molar-refractivity contribution in [2.24, 2.45) is 0 Å². The molecule has 4 rings (SSSR count). The fraction of sp³-hybridized carbons (Fsp3) is 0.423. The summed E-state index contributed by atoms with van der Waals surface area (Å²) in [5, 5.41) is 6.48. The second-order valence-electron chi connectivity index (χ2n) is 8.80. The van der Waals surface area contributed by atoms with Crippen LogP contribution in [0.15, 0.2) is 51.6 Å². The van der Waals surface area contributed by atoms with E-state index in [1.807, 2.05) is 30.8 Å². The Labute approximate surface area is 202 Å². The lowest BCUT2D eigenvalue weighted by Crippen LogP contribution is -2.51. The molecule has 1 aliphatic carbocycles. The highest BCUT2D eigenvalue weighted by atomic mass is 19.3. The van der Waals surface area contributed by atoms with Crippen molar-refractivity contribution < 1.29 is 27.5 Å². The molecule has 2 N–H and O–H groups in total. The summed E-state index contributed by atoms with van der Waals surface area (Å²) in [6.45, 7) is 6.19. The Bertz CT molecular complexity index is 1260. The number of hydrogen-bond acceptors (Lipinski definition) is 6. The minimum atomic E-state index is -2.66. The lowest BCUT2D eigenvalue weighted by molar-refractivity contribution is -0.0856. The smallest absolute Gasteiger partial charge is 0.252 e. The first kappa shape index (κ1) is 24.5. The van der Waals surface area contributed by atoms with E-state index in [2.05, 4.69) is 10.6 Å². The molecule has 0 radical (unpaired) electrons. The molecular weight excluding hydrogens is 456 g/mol. The predicted octanol–water partition coefficient (Wildman–Crippen LogP) is 4.47. The molecule has 7 nitrogen and oxygen atoms in total. The van der Waals surface area contributed by atoms with Gasteiger partial charge in [-0.1, -0.05) is 6.92 Å². The second kappa shape index (κ2) is 9.58. The number of nitrogens with zero attached hydrogens (tertiary/aromatic N) is 1. The van der Waals surface area contributed by atoms with Crippen LogP contribution in [-0.4, -0.2) is 44.0 Å². The van der Waals surface area contributed by atoms with Gasteiger partial charge in [-0.05, 0) is 38.0 Å². The van der Waals surface area contributed by atoms with Crippen LogP contribution >= 0.6 is 0 Å². The molecule has 0 saturated heterocycles. The SMILES string of the molecule is CCc1c(N(CC)C2CC(F)(F)C2)cc2occc2c1C(=O)NCC1=C(OC)C=C(C)NC1=C=O. The molecule has 9 heteroatoms.